The molecule has 3 amide bonds. The molecular formula is C61H68N8O7S. The Labute approximate surface area is 453 Å². The summed E-state index contributed by atoms with van der Waals surface area (Å²) in [5.41, 5.74) is 7.85. The van der Waals surface area contributed by atoms with Gasteiger partial charge in [0.2, 0.25) is 17.7 Å². The fourth-order valence-electron chi connectivity index (χ4n) is 11.6. The fraction of sp³-hybridized carbons (Fsp3) is 0.426. The quantitative estimate of drug-likeness (QED) is 0.0565. The number of nitrogens with one attached hydrogen (secondary N) is 2. The number of rotatable bonds is 15. The smallest absolute Gasteiger partial charge is 0.358 e. The molecule has 4 aromatic carbocycles. The van der Waals surface area contributed by atoms with Gasteiger partial charge in [0.05, 0.1) is 28.8 Å². The van der Waals surface area contributed by atoms with Crippen molar-refractivity contribution in [3.05, 3.63) is 130 Å². The Bertz CT molecular complexity index is 3300. The fourth-order valence-corrected chi connectivity index (χ4v) is 12.4. The van der Waals surface area contributed by atoms with E-state index < -0.39 is 11.6 Å². The van der Waals surface area contributed by atoms with Crippen molar-refractivity contribution in [3.63, 3.8) is 0 Å². The summed E-state index contributed by atoms with van der Waals surface area (Å²) in [6, 6.07) is 29.5. The summed E-state index contributed by atoms with van der Waals surface area (Å²) >= 11 is 1.45. The highest BCUT2D eigenvalue weighted by Crippen LogP contribution is 2.38. The predicted molar refractivity (Wildman–Crippen MR) is 299 cm³/mol. The van der Waals surface area contributed by atoms with Crippen LogP contribution in [0.15, 0.2) is 95.4 Å². The second-order valence-electron chi connectivity index (χ2n) is 22.3. The summed E-state index contributed by atoms with van der Waals surface area (Å²) in [6.45, 7) is 14.5. The van der Waals surface area contributed by atoms with Gasteiger partial charge in [-0.1, -0.05) is 66.6 Å². The van der Waals surface area contributed by atoms with Gasteiger partial charge in [0, 0.05) is 56.8 Å². The van der Waals surface area contributed by atoms with Gasteiger partial charge < -0.3 is 23.7 Å². The number of oxazole rings is 1. The first-order valence-corrected chi connectivity index (χ1v) is 28.3. The summed E-state index contributed by atoms with van der Waals surface area (Å²) in [5.74, 6) is 1.36. The Kier molecular flexibility index (Phi) is 15.2. The maximum absolute atomic E-state index is 14.1. The van der Waals surface area contributed by atoms with Gasteiger partial charge >= 0.3 is 5.97 Å². The van der Waals surface area contributed by atoms with E-state index in [9.17, 15) is 19.2 Å². The Morgan fingerprint density at radius 2 is 1.61 bits per heavy atom. The number of anilines is 2. The number of aromatic nitrogens is 3. The number of unbranched alkanes of at least 4 members (excludes halogenated alkanes) is 1. The zero-order chi connectivity index (χ0) is 53.2. The Morgan fingerprint density at radius 3 is 2.42 bits per heavy atom. The third kappa shape index (κ3) is 12.1. The first kappa shape index (κ1) is 52.1. The van der Waals surface area contributed by atoms with E-state index in [-0.39, 0.29) is 35.4 Å². The molecule has 6 heterocycles. The molecule has 400 valence electrons. The second kappa shape index (κ2) is 22.5. The minimum Gasteiger partial charge on any atom is -0.490 e. The summed E-state index contributed by atoms with van der Waals surface area (Å²) in [4.78, 5) is 73.5. The van der Waals surface area contributed by atoms with E-state index in [2.05, 4.69) is 43.3 Å². The number of hydrogen-bond donors (Lipinski definition) is 2. The number of fused-ring (bicyclic) bond motifs is 3. The summed E-state index contributed by atoms with van der Waals surface area (Å²) in [6.07, 6.45) is 9.70. The third-order valence-corrected chi connectivity index (χ3v) is 16.7. The van der Waals surface area contributed by atoms with E-state index in [0.717, 1.165) is 114 Å². The number of thiazole rings is 1. The van der Waals surface area contributed by atoms with E-state index in [1.54, 1.807) is 0 Å². The second-order valence-corrected chi connectivity index (χ2v) is 23.3. The molecular weight excluding hydrogens is 989 g/mol. The van der Waals surface area contributed by atoms with Crippen molar-refractivity contribution in [2.24, 2.45) is 5.92 Å². The van der Waals surface area contributed by atoms with Crippen molar-refractivity contribution in [3.8, 4) is 16.9 Å². The number of hydrogen-bond acceptors (Lipinski definition) is 14. The molecule has 11 rings (SSSR count). The zero-order valence-electron chi connectivity index (χ0n) is 44.6. The number of carbonyl (C=O) groups is 4. The molecule has 1 unspecified atom stereocenters. The van der Waals surface area contributed by atoms with Crippen molar-refractivity contribution < 1.29 is 33.1 Å². The van der Waals surface area contributed by atoms with Gasteiger partial charge in [0.25, 0.3) is 5.91 Å². The SMILES string of the molecule is Cc1c(OC2CCC(CCCCN3CCN(Cc4nc5ccc(C6CCC(=O)NC6=O)cc5o4)CC3)CC2)cccc1-c1ccc(N2CCc3cccc(C(=O)Nc4nc5ccccc5s4)c3C2)nc1C(=O)OC(C)(C)C. The Balaban J connectivity index is 0.663. The number of piperidine rings is 1. The molecule has 1 saturated carbocycles. The van der Waals surface area contributed by atoms with Crippen LogP contribution in [0.3, 0.4) is 0 Å². The molecule has 3 fully saturated rings. The number of piperazine rings is 1. The normalized spacial score (nSPS) is 19.5. The topological polar surface area (TPSA) is 172 Å². The molecule has 2 N–H and O–H groups in total. The molecule has 4 aliphatic rings. The molecule has 15 nitrogen and oxygen atoms in total. The molecule has 0 bridgehead atoms. The minimum absolute atomic E-state index is 0.127. The predicted octanol–water partition coefficient (Wildman–Crippen LogP) is 11.0. The number of nitrogens with zero attached hydrogens (tertiary/aromatic N) is 6. The number of pyridine rings is 1. The van der Waals surface area contributed by atoms with Gasteiger partial charge in [0.1, 0.15) is 22.7 Å². The number of imide groups is 1. The van der Waals surface area contributed by atoms with Crippen LogP contribution >= 0.6 is 11.3 Å². The summed E-state index contributed by atoms with van der Waals surface area (Å²) < 4.78 is 20.0. The highest BCUT2D eigenvalue weighted by molar-refractivity contribution is 7.22. The third-order valence-electron chi connectivity index (χ3n) is 15.7. The van der Waals surface area contributed by atoms with Crippen LogP contribution in [-0.2, 0) is 33.8 Å². The van der Waals surface area contributed by atoms with Crippen LogP contribution in [0, 0.1) is 12.8 Å². The first-order valence-electron chi connectivity index (χ1n) is 27.5. The summed E-state index contributed by atoms with van der Waals surface area (Å²) in [7, 11) is 0. The van der Waals surface area contributed by atoms with Crippen molar-refractivity contribution in [2.75, 3.05) is 49.5 Å². The zero-order valence-corrected chi connectivity index (χ0v) is 45.4. The minimum atomic E-state index is -0.730. The van der Waals surface area contributed by atoms with Crippen LogP contribution in [0.4, 0.5) is 10.9 Å². The number of benzene rings is 4. The molecule has 7 aromatic rings. The molecule has 3 aliphatic heterocycles. The van der Waals surface area contributed by atoms with E-state index in [1.165, 1.54) is 30.6 Å². The van der Waals surface area contributed by atoms with Crippen LogP contribution in [0.25, 0.3) is 32.4 Å². The Hall–Kier alpha value is -7.01. The molecule has 1 aliphatic carbocycles. The van der Waals surface area contributed by atoms with E-state index >= 15 is 0 Å². The first-order chi connectivity index (χ1) is 37.3. The monoisotopic (exact) mass is 1060 g/mol. The van der Waals surface area contributed by atoms with Gasteiger partial charge in [-0.25, -0.2) is 19.7 Å². The molecule has 77 heavy (non-hydrogen) atoms. The average molecular weight is 1060 g/mol. The van der Waals surface area contributed by atoms with Gasteiger partial charge in [0.15, 0.2) is 16.4 Å². The highest BCUT2D eigenvalue weighted by Gasteiger charge is 2.31. The number of carbonyl (C=O) groups excluding carboxylic acids is 4. The van der Waals surface area contributed by atoms with E-state index in [0.29, 0.717) is 71.9 Å². The number of para-hydroxylation sites is 1. The van der Waals surface area contributed by atoms with Crippen molar-refractivity contribution in [1.29, 1.82) is 0 Å². The lowest BCUT2D eigenvalue weighted by Crippen LogP contribution is -2.46. The molecule has 0 spiro atoms. The molecule has 3 aromatic heterocycles. The van der Waals surface area contributed by atoms with Crippen LogP contribution in [0.1, 0.15) is 133 Å². The van der Waals surface area contributed by atoms with Crippen LogP contribution in [0.5, 0.6) is 5.75 Å². The van der Waals surface area contributed by atoms with Crippen molar-refractivity contribution in [2.45, 2.75) is 123 Å². The number of esters is 1. The Morgan fingerprint density at radius 1 is 0.805 bits per heavy atom. The largest absolute Gasteiger partial charge is 0.490 e. The lowest BCUT2D eigenvalue weighted by atomic mass is 9.84. The molecule has 2 saturated heterocycles. The lowest BCUT2D eigenvalue weighted by molar-refractivity contribution is -0.134. The number of ether oxygens (including phenoxy) is 2. The van der Waals surface area contributed by atoms with Crippen molar-refractivity contribution >= 4 is 67.3 Å². The average Bonchev–Trinajstić information content (AvgIpc) is 4.06. The lowest BCUT2D eigenvalue weighted by Gasteiger charge is -2.34. The van der Waals surface area contributed by atoms with Crippen LogP contribution in [0.2, 0.25) is 0 Å². The number of amides is 3. The highest BCUT2D eigenvalue weighted by atomic mass is 32.1. The van der Waals surface area contributed by atoms with Gasteiger partial charge in [-0.2, -0.15) is 0 Å². The van der Waals surface area contributed by atoms with Crippen LogP contribution in [-0.4, -0.2) is 99.4 Å². The molecule has 0 radical (unpaired) electrons. The molecule has 16 heteroatoms. The maximum Gasteiger partial charge on any atom is 0.358 e. The standard InChI is InChI=1S/C61H68N8O7S/c1-38-43(45-23-26-53(64-56(45)59(73)76-61(2,3)4)69-30-28-40-12-9-14-46(47(40)36-69)58(72)66-60-63-49-15-5-6-17-52(49)77-60)13-10-16-50(38)74-42-21-18-39(19-22-42)11-7-8-29-67-31-33-68(34-32-67)37-55-62-48-25-20-41(35-51(48)75-55)44-24-27-54(70)65-57(44)71/h5-6,9-10,12-17,20,23,25-26,35,39,42,44H,7-8,11,18-19,21-22,24,27-34,36-37H2,1-4H3,(H,63,66,72)(H,65,70,71). The van der Waals surface area contributed by atoms with Crippen molar-refractivity contribution in [1.82, 2.24) is 30.1 Å². The van der Waals surface area contributed by atoms with E-state index in [1.807, 2.05) is 106 Å². The van der Waals surface area contributed by atoms with Crippen LogP contribution < -0.4 is 20.3 Å². The van der Waals surface area contributed by atoms with Gasteiger partial charge in [-0.15, -0.1) is 0 Å². The summed E-state index contributed by atoms with van der Waals surface area (Å²) in [5, 5.41) is 6.05. The molecule has 1 atom stereocenters. The van der Waals surface area contributed by atoms with E-state index in [4.69, 9.17) is 23.9 Å². The van der Waals surface area contributed by atoms with Gasteiger partial charge in [-0.3, -0.25) is 29.9 Å². The van der Waals surface area contributed by atoms with Gasteiger partial charge in [-0.05, 0) is 161 Å². The maximum atomic E-state index is 14.1.